The Hall–Kier alpha value is -1.20. The molecular formula is C11H15ClN4O. The Bertz CT molecular complexity index is 418. The lowest BCUT2D eigenvalue weighted by atomic mass is 9.82. The number of rotatable bonds is 2. The van der Waals surface area contributed by atoms with Gasteiger partial charge in [0.2, 0.25) is 5.91 Å². The number of nitrogens with two attached hydrogens (primary N) is 1. The molecule has 0 bridgehead atoms. The van der Waals surface area contributed by atoms with E-state index >= 15 is 0 Å². The standard InChI is InChI=1S/C11H15ClN4O/c12-8-6-9(15-7-14-8)16-10(17)11(13)4-2-1-3-5-11/h6-7H,1-5,13H2,(H,14,15,16,17). The average Bonchev–Trinajstić information content (AvgIpc) is 2.30. The topological polar surface area (TPSA) is 80.9 Å². The summed E-state index contributed by atoms with van der Waals surface area (Å²) < 4.78 is 0. The second-order valence-electron chi connectivity index (χ2n) is 4.40. The molecule has 0 aliphatic heterocycles. The predicted molar refractivity (Wildman–Crippen MR) is 65.7 cm³/mol. The lowest BCUT2D eigenvalue weighted by Crippen LogP contribution is -2.52. The van der Waals surface area contributed by atoms with Crippen LogP contribution in [0.2, 0.25) is 5.15 Å². The summed E-state index contributed by atoms with van der Waals surface area (Å²) >= 11 is 5.72. The summed E-state index contributed by atoms with van der Waals surface area (Å²) in [6.07, 6.45) is 5.88. The molecule has 0 atom stereocenters. The summed E-state index contributed by atoms with van der Waals surface area (Å²) in [4.78, 5) is 19.7. The Morgan fingerprint density at radius 1 is 1.35 bits per heavy atom. The van der Waals surface area contributed by atoms with Crippen LogP contribution in [-0.4, -0.2) is 21.4 Å². The number of amides is 1. The van der Waals surface area contributed by atoms with Crippen LogP contribution < -0.4 is 11.1 Å². The van der Waals surface area contributed by atoms with E-state index in [2.05, 4.69) is 15.3 Å². The molecule has 3 N–H and O–H groups in total. The highest BCUT2D eigenvalue weighted by Crippen LogP contribution is 2.27. The van der Waals surface area contributed by atoms with E-state index in [1.807, 2.05) is 0 Å². The van der Waals surface area contributed by atoms with Crippen molar-refractivity contribution in [3.05, 3.63) is 17.5 Å². The molecule has 6 heteroatoms. The summed E-state index contributed by atoms with van der Waals surface area (Å²) in [5, 5.41) is 2.99. The van der Waals surface area contributed by atoms with Crippen molar-refractivity contribution in [2.75, 3.05) is 5.32 Å². The second-order valence-corrected chi connectivity index (χ2v) is 4.78. The summed E-state index contributed by atoms with van der Waals surface area (Å²) in [6.45, 7) is 0. The van der Waals surface area contributed by atoms with E-state index in [0.29, 0.717) is 11.0 Å². The first-order valence-corrected chi connectivity index (χ1v) is 6.06. The Kier molecular flexibility index (Phi) is 3.59. The number of hydrogen-bond donors (Lipinski definition) is 2. The molecule has 1 aliphatic rings. The van der Waals surface area contributed by atoms with Gasteiger partial charge in [0.05, 0.1) is 5.54 Å². The number of halogens is 1. The number of carbonyl (C=O) groups is 1. The quantitative estimate of drug-likeness (QED) is 0.788. The molecule has 1 aliphatic carbocycles. The minimum absolute atomic E-state index is 0.188. The SMILES string of the molecule is NC1(C(=O)Nc2cc(Cl)ncn2)CCCCC1. The van der Waals surface area contributed by atoms with Crippen molar-refractivity contribution in [2.45, 2.75) is 37.6 Å². The summed E-state index contributed by atoms with van der Waals surface area (Å²) in [5.74, 6) is 0.206. The van der Waals surface area contributed by atoms with Gasteiger partial charge in [-0.15, -0.1) is 0 Å². The summed E-state index contributed by atoms with van der Waals surface area (Å²) in [7, 11) is 0. The molecule has 17 heavy (non-hydrogen) atoms. The number of anilines is 1. The van der Waals surface area contributed by atoms with E-state index in [9.17, 15) is 4.79 Å². The fourth-order valence-electron chi connectivity index (χ4n) is 2.05. The van der Waals surface area contributed by atoms with E-state index in [1.165, 1.54) is 12.4 Å². The predicted octanol–water partition coefficient (Wildman–Crippen LogP) is 1.73. The third-order valence-electron chi connectivity index (χ3n) is 3.07. The zero-order valence-electron chi connectivity index (χ0n) is 9.45. The van der Waals surface area contributed by atoms with Crippen molar-refractivity contribution < 1.29 is 4.79 Å². The smallest absolute Gasteiger partial charge is 0.245 e. The molecule has 1 fully saturated rings. The number of hydrogen-bond acceptors (Lipinski definition) is 4. The molecule has 0 unspecified atom stereocenters. The van der Waals surface area contributed by atoms with Gasteiger partial charge in [0, 0.05) is 6.07 Å². The van der Waals surface area contributed by atoms with Gasteiger partial charge in [-0.2, -0.15) is 0 Å². The van der Waals surface area contributed by atoms with E-state index in [0.717, 1.165) is 32.1 Å². The Morgan fingerprint density at radius 3 is 2.71 bits per heavy atom. The van der Waals surface area contributed by atoms with Crippen LogP contribution in [0, 0.1) is 0 Å². The van der Waals surface area contributed by atoms with Crippen molar-refractivity contribution in [3.8, 4) is 0 Å². The summed E-state index contributed by atoms with van der Waals surface area (Å²) in [5.41, 5.74) is 5.33. The molecule has 1 aromatic rings. The van der Waals surface area contributed by atoms with Crippen molar-refractivity contribution >= 4 is 23.3 Å². The fourth-order valence-corrected chi connectivity index (χ4v) is 2.20. The molecule has 1 amide bonds. The van der Waals surface area contributed by atoms with Gasteiger partial charge >= 0.3 is 0 Å². The van der Waals surface area contributed by atoms with Crippen LogP contribution in [0.1, 0.15) is 32.1 Å². The number of aromatic nitrogens is 2. The van der Waals surface area contributed by atoms with E-state index < -0.39 is 5.54 Å². The molecule has 1 saturated carbocycles. The highest BCUT2D eigenvalue weighted by molar-refractivity contribution is 6.29. The van der Waals surface area contributed by atoms with Crippen molar-refractivity contribution in [3.63, 3.8) is 0 Å². The van der Waals surface area contributed by atoms with E-state index in [1.54, 1.807) is 0 Å². The van der Waals surface area contributed by atoms with Gasteiger partial charge in [0.15, 0.2) is 0 Å². The maximum Gasteiger partial charge on any atom is 0.245 e. The number of nitrogens with zero attached hydrogens (tertiary/aromatic N) is 2. The summed E-state index contributed by atoms with van der Waals surface area (Å²) in [6, 6.07) is 1.51. The fraction of sp³-hybridized carbons (Fsp3) is 0.545. The van der Waals surface area contributed by atoms with Gasteiger partial charge in [-0.05, 0) is 12.8 Å². The van der Waals surface area contributed by atoms with Crippen LogP contribution >= 0.6 is 11.6 Å². The van der Waals surface area contributed by atoms with Gasteiger partial charge in [0.1, 0.15) is 17.3 Å². The van der Waals surface area contributed by atoms with Crippen molar-refractivity contribution in [1.82, 2.24) is 9.97 Å². The third-order valence-corrected chi connectivity index (χ3v) is 3.28. The molecule has 0 radical (unpaired) electrons. The van der Waals surface area contributed by atoms with Crippen LogP contribution in [0.5, 0.6) is 0 Å². The molecule has 0 spiro atoms. The largest absolute Gasteiger partial charge is 0.317 e. The second kappa shape index (κ2) is 4.98. The zero-order chi connectivity index (χ0) is 12.3. The first-order chi connectivity index (χ1) is 8.10. The Morgan fingerprint density at radius 2 is 2.06 bits per heavy atom. The maximum atomic E-state index is 12.1. The normalized spacial score (nSPS) is 18.7. The van der Waals surface area contributed by atoms with Crippen molar-refractivity contribution in [1.29, 1.82) is 0 Å². The molecule has 5 nitrogen and oxygen atoms in total. The lowest BCUT2D eigenvalue weighted by molar-refractivity contribution is -0.122. The molecule has 0 aromatic carbocycles. The first-order valence-electron chi connectivity index (χ1n) is 5.68. The third kappa shape index (κ3) is 2.92. The van der Waals surface area contributed by atoms with Crippen LogP contribution in [0.25, 0.3) is 0 Å². The van der Waals surface area contributed by atoms with E-state index in [4.69, 9.17) is 17.3 Å². The minimum Gasteiger partial charge on any atom is -0.317 e. The van der Waals surface area contributed by atoms with Gasteiger partial charge in [-0.1, -0.05) is 30.9 Å². The zero-order valence-corrected chi connectivity index (χ0v) is 10.2. The number of carbonyl (C=O) groups excluding carboxylic acids is 1. The van der Waals surface area contributed by atoms with Gasteiger partial charge < -0.3 is 11.1 Å². The maximum absolute atomic E-state index is 12.1. The van der Waals surface area contributed by atoms with Crippen LogP contribution in [-0.2, 0) is 4.79 Å². The van der Waals surface area contributed by atoms with Gasteiger partial charge in [0.25, 0.3) is 0 Å². The monoisotopic (exact) mass is 254 g/mol. The number of nitrogens with one attached hydrogen (secondary N) is 1. The van der Waals surface area contributed by atoms with Crippen molar-refractivity contribution in [2.24, 2.45) is 5.73 Å². The molecular weight excluding hydrogens is 240 g/mol. The highest BCUT2D eigenvalue weighted by Gasteiger charge is 2.35. The van der Waals surface area contributed by atoms with Crippen LogP contribution in [0.15, 0.2) is 12.4 Å². The molecule has 92 valence electrons. The van der Waals surface area contributed by atoms with Gasteiger partial charge in [-0.25, -0.2) is 9.97 Å². The average molecular weight is 255 g/mol. The van der Waals surface area contributed by atoms with Crippen LogP contribution in [0.4, 0.5) is 5.82 Å². The van der Waals surface area contributed by atoms with Gasteiger partial charge in [-0.3, -0.25) is 4.79 Å². The molecule has 1 aromatic heterocycles. The first kappa shape index (κ1) is 12.3. The van der Waals surface area contributed by atoms with E-state index in [-0.39, 0.29) is 5.91 Å². The Balaban J connectivity index is 2.05. The minimum atomic E-state index is -0.768. The molecule has 2 rings (SSSR count). The molecule has 0 saturated heterocycles. The Labute approximate surface area is 105 Å². The van der Waals surface area contributed by atoms with Crippen LogP contribution in [0.3, 0.4) is 0 Å². The lowest BCUT2D eigenvalue weighted by Gasteiger charge is -2.31. The highest BCUT2D eigenvalue weighted by atomic mass is 35.5. The molecule has 1 heterocycles.